The first-order valence-corrected chi connectivity index (χ1v) is 11.4. The zero-order valence-corrected chi connectivity index (χ0v) is 17.9. The molecule has 2 aliphatic heterocycles. The average Bonchev–Trinajstić information content (AvgIpc) is 3.00. The maximum Gasteiger partial charge on any atom is 0.240 e. The lowest BCUT2D eigenvalue weighted by molar-refractivity contribution is -0.143. The van der Waals surface area contributed by atoms with Crippen LogP contribution >= 0.6 is 0 Å². The molecule has 1 saturated carbocycles. The number of rotatable bonds is 6. The van der Waals surface area contributed by atoms with Crippen molar-refractivity contribution >= 4 is 17.7 Å². The molecule has 3 fully saturated rings. The van der Waals surface area contributed by atoms with Gasteiger partial charge in [0.2, 0.25) is 17.7 Å². The third-order valence-corrected chi connectivity index (χ3v) is 7.03. The highest BCUT2D eigenvalue weighted by atomic mass is 16.2. The summed E-state index contributed by atoms with van der Waals surface area (Å²) in [4.78, 5) is 41.0. The number of amides is 3. The summed E-state index contributed by atoms with van der Waals surface area (Å²) in [6.07, 6.45) is 6.08. The van der Waals surface area contributed by atoms with E-state index in [1.54, 1.807) is 0 Å². The van der Waals surface area contributed by atoms with E-state index in [2.05, 4.69) is 29.3 Å². The minimum Gasteiger partial charge on any atom is -0.350 e. The van der Waals surface area contributed by atoms with Crippen molar-refractivity contribution in [2.75, 3.05) is 19.6 Å². The Morgan fingerprint density at radius 1 is 0.933 bits per heavy atom. The van der Waals surface area contributed by atoms with E-state index >= 15 is 0 Å². The van der Waals surface area contributed by atoms with Gasteiger partial charge in [0.1, 0.15) is 6.54 Å². The van der Waals surface area contributed by atoms with Crippen molar-refractivity contribution in [3.8, 4) is 0 Å². The van der Waals surface area contributed by atoms with Crippen LogP contribution in [0.15, 0.2) is 24.3 Å². The van der Waals surface area contributed by atoms with E-state index in [9.17, 15) is 14.4 Å². The van der Waals surface area contributed by atoms with E-state index in [1.165, 1.54) is 23.3 Å². The largest absolute Gasteiger partial charge is 0.350 e. The van der Waals surface area contributed by atoms with Gasteiger partial charge in [-0.25, -0.2) is 0 Å². The number of benzene rings is 1. The topological polar surface area (TPSA) is 69.7 Å². The number of likely N-dealkylation sites (tertiary alicyclic amines) is 2. The van der Waals surface area contributed by atoms with E-state index in [0.717, 1.165) is 56.8 Å². The van der Waals surface area contributed by atoms with E-state index in [-0.39, 0.29) is 36.1 Å². The summed E-state index contributed by atoms with van der Waals surface area (Å²) in [7, 11) is 0. The fourth-order valence-corrected chi connectivity index (χ4v) is 5.03. The molecule has 0 bridgehead atoms. The quantitative estimate of drug-likeness (QED) is 0.731. The Labute approximate surface area is 179 Å². The molecule has 3 aliphatic rings. The van der Waals surface area contributed by atoms with Crippen molar-refractivity contribution in [3.05, 3.63) is 35.4 Å². The second kappa shape index (κ2) is 9.29. The third-order valence-electron chi connectivity index (χ3n) is 7.03. The summed E-state index contributed by atoms with van der Waals surface area (Å²) < 4.78 is 0. The molecule has 2 saturated heterocycles. The Balaban J connectivity index is 1.24. The fraction of sp³-hybridized carbons (Fsp3) is 0.625. The van der Waals surface area contributed by atoms with Gasteiger partial charge in [0, 0.05) is 13.1 Å². The first-order valence-electron chi connectivity index (χ1n) is 11.4. The highest BCUT2D eigenvalue weighted by Gasteiger charge is 2.48. The molecule has 162 valence electrons. The van der Waals surface area contributed by atoms with Crippen LogP contribution in [0, 0.1) is 17.8 Å². The van der Waals surface area contributed by atoms with Crippen molar-refractivity contribution < 1.29 is 14.4 Å². The third kappa shape index (κ3) is 4.75. The zero-order valence-electron chi connectivity index (χ0n) is 17.9. The highest BCUT2D eigenvalue weighted by Crippen LogP contribution is 2.37. The van der Waals surface area contributed by atoms with Gasteiger partial charge in [-0.05, 0) is 55.8 Å². The summed E-state index contributed by atoms with van der Waals surface area (Å²) in [5.74, 6) is -0.152. The minimum absolute atomic E-state index is 0.156. The molecule has 1 aliphatic carbocycles. The van der Waals surface area contributed by atoms with Crippen LogP contribution in [0.5, 0.6) is 0 Å². The SMILES string of the molecule is CC1CCN(Cc2ccc(CNC(=O)CN3C(=O)[C@H]4CCCC[C@H]4C3=O)cc2)CC1. The summed E-state index contributed by atoms with van der Waals surface area (Å²) in [6, 6.07) is 8.33. The monoisotopic (exact) mass is 411 g/mol. The summed E-state index contributed by atoms with van der Waals surface area (Å²) >= 11 is 0. The first kappa shape index (κ1) is 21.0. The number of nitrogens with zero attached hydrogens (tertiary/aromatic N) is 2. The summed E-state index contributed by atoms with van der Waals surface area (Å²) in [5, 5.41) is 2.86. The van der Waals surface area contributed by atoms with Crippen molar-refractivity contribution in [2.24, 2.45) is 17.8 Å². The maximum atomic E-state index is 12.5. The lowest BCUT2D eigenvalue weighted by Gasteiger charge is -2.30. The predicted molar refractivity (Wildman–Crippen MR) is 114 cm³/mol. The molecule has 1 aromatic carbocycles. The van der Waals surface area contributed by atoms with E-state index in [0.29, 0.717) is 6.54 Å². The van der Waals surface area contributed by atoms with Crippen LogP contribution in [0.3, 0.4) is 0 Å². The fourth-order valence-electron chi connectivity index (χ4n) is 5.03. The summed E-state index contributed by atoms with van der Waals surface area (Å²) in [6.45, 7) is 5.87. The second-order valence-electron chi connectivity index (χ2n) is 9.31. The van der Waals surface area contributed by atoms with Gasteiger partial charge in [0.05, 0.1) is 11.8 Å². The number of nitrogens with one attached hydrogen (secondary N) is 1. The maximum absolute atomic E-state index is 12.5. The van der Waals surface area contributed by atoms with E-state index in [4.69, 9.17) is 0 Å². The van der Waals surface area contributed by atoms with Gasteiger partial charge in [-0.3, -0.25) is 24.2 Å². The number of fused-ring (bicyclic) bond motifs is 1. The summed E-state index contributed by atoms with van der Waals surface area (Å²) in [5.41, 5.74) is 2.31. The molecule has 4 rings (SSSR count). The molecule has 0 aromatic heterocycles. The molecule has 2 atom stereocenters. The molecule has 1 aromatic rings. The Hall–Kier alpha value is -2.21. The molecule has 0 spiro atoms. The van der Waals surface area contributed by atoms with Crippen molar-refractivity contribution in [2.45, 2.75) is 58.5 Å². The Morgan fingerprint density at radius 3 is 2.10 bits per heavy atom. The molecule has 6 heteroatoms. The smallest absolute Gasteiger partial charge is 0.240 e. The molecular weight excluding hydrogens is 378 g/mol. The number of carbonyl (C=O) groups is 3. The predicted octanol–water partition coefficient (Wildman–Crippen LogP) is 2.71. The first-order chi connectivity index (χ1) is 14.5. The van der Waals surface area contributed by atoms with Gasteiger partial charge in [-0.1, -0.05) is 44.0 Å². The number of carbonyl (C=O) groups excluding carboxylic acids is 3. The van der Waals surface area contributed by atoms with Gasteiger partial charge in [0.25, 0.3) is 0 Å². The van der Waals surface area contributed by atoms with Crippen LogP contribution in [0.1, 0.15) is 56.6 Å². The van der Waals surface area contributed by atoms with Gasteiger partial charge in [-0.2, -0.15) is 0 Å². The van der Waals surface area contributed by atoms with E-state index in [1.807, 2.05) is 12.1 Å². The second-order valence-corrected chi connectivity index (χ2v) is 9.31. The van der Waals surface area contributed by atoms with Crippen LogP contribution in [-0.2, 0) is 27.5 Å². The minimum atomic E-state index is -0.276. The molecule has 6 nitrogen and oxygen atoms in total. The number of hydrogen-bond donors (Lipinski definition) is 1. The Bertz CT molecular complexity index is 759. The molecule has 1 N–H and O–H groups in total. The Kier molecular flexibility index (Phi) is 6.52. The van der Waals surface area contributed by atoms with Gasteiger partial charge >= 0.3 is 0 Å². The number of hydrogen-bond acceptors (Lipinski definition) is 4. The zero-order chi connectivity index (χ0) is 21.1. The van der Waals surface area contributed by atoms with Crippen LogP contribution in [0.2, 0.25) is 0 Å². The molecular formula is C24H33N3O3. The lowest BCUT2D eigenvalue weighted by Crippen LogP contribution is -2.40. The van der Waals surface area contributed by atoms with Crippen LogP contribution < -0.4 is 5.32 Å². The Morgan fingerprint density at radius 2 is 1.50 bits per heavy atom. The van der Waals surface area contributed by atoms with Gasteiger partial charge in [-0.15, -0.1) is 0 Å². The van der Waals surface area contributed by atoms with Crippen molar-refractivity contribution in [1.29, 1.82) is 0 Å². The number of imide groups is 1. The molecule has 3 amide bonds. The van der Waals surface area contributed by atoms with Gasteiger partial charge in [0.15, 0.2) is 0 Å². The van der Waals surface area contributed by atoms with E-state index < -0.39 is 0 Å². The molecule has 2 heterocycles. The van der Waals surface area contributed by atoms with Gasteiger partial charge < -0.3 is 5.32 Å². The van der Waals surface area contributed by atoms with Crippen LogP contribution in [-0.4, -0.2) is 47.2 Å². The van der Waals surface area contributed by atoms with Crippen molar-refractivity contribution in [1.82, 2.24) is 15.1 Å². The number of piperidine rings is 1. The van der Waals surface area contributed by atoms with Crippen LogP contribution in [0.25, 0.3) is 0 Å². The standard InChI is InChI=1S/C24H33N3O3/c1-17-10-12-26(13-11-17)15-19-8-6-18(7-9-19)14-25-22(28)16-27-23(29)20-4-2-3-5-21(20)24(27)30/h6-9,17,20-21H,2-5,10-16H2,1H3,(H,25,28)/t20-,21+. The van der Waals surface area contributed by atoms with Crippen LogP contribution in [0.4, 0.5) is 0 Å². The lowest BCUT2D eigenvalue weighted by atomic mass is 9.81. The van der Waals surface area contributed by atoms with Crippen molar-refractivity contribution in [3.63, 3.8) is 0 Å². The molecule has 0 unspecified atom stereocenters. The average molecular weight is 412 g/mol. The highest BCUT2D eigenvalue weighted by molar-refractivity contribution is 6.07. The molecule has 30 heavy (non-hydrogen) atoms. The molecule has 0 radical (unpaired) electrons. The normalized spacial score (nSPS) is 25.4.